The quantitative estimate of drug-likeness (QED) is 0.598. The predicted octanol–water partition coefficient (Wildman–Crippen LogP) is 4.08. The second kappa shape index (κ2) is 6.53. The SMILES string of the molecule is COc1ccc([N+](=O)[O-])c(OCc2ccc(Br)cc2F)c1. The van der Waals surface area contributed by atoms with Crippen LogP contribution in [0.5, 0.6) is 11.5 Å². The van der Waals surface area contributed by atoms with E-state index in [9.17, 15) is 14.5 Å². The van der Waals surface area contributed by atoms with Gasteiger partial charge in [-0.15, -0.1) is 0 Å². The van der Waals surface area contributed by atoms with Crippen LogP contribution in [0.25, 0.3) is 0 Å². The van der Waals surface area contributed by atoms with Gasteiger partial charge in [0.25, 0.3) is 0 Å². The van der Waals surface area contributed by atoms with Crippen molar-refractivity contribution in [3.05, 3.63) is 62.4 Å². The number of hydrogen-bond donors (Lipinski definition) is 0. The maximum atomic E-state index is 13.7. The molecule has 0 bridgehead atoms. The molecule has 0 aromatic heterocycles. The van der Waals surface area contributed by atoms with E-state index in [-0.39, 0.29) is 18.0 Å². The van der Waals surface area contributed by atoms with Gasteiger partial charge in [-0.25, -0.2) is 4.39 Å². The number of halogens is 2. The van der Waals surface area contributed by atoms with E-state index in [0.717, 1.165) is 0 Å². The molecule has 2 aromatic carbocycles. The van der Waals surface area contributed by atoms with Crippen molar-refractivity contribution in [3.63, 3.8) is 0 Å². The fourth-order valence-corrected chi connectivity index (χ4v) is 2.02. The van der Waals surface area contributed by atoms with Crippen LogP contribution in [0.1, 0.15) is 5.56 Å². The number of ether oxygens (including phenoxy) is 2. The van der Waals surface area contributed by atoms with Crippen LogP contribution in [0, 0.1) is 15.9 Å². The zero-order valence-corrected chi connectivity index (χ0v) is 12.6. The number of nitrogens with zero attached hydrogens (tertiary/aromatic N) is 1. The second-order valence-corrected chi connectivity index (χ2v) is 5.03. The average Bonchev–Trinajstić information content (AvgIpc) is 2.45. The molecule has 2 rings (SSSR count). The van der Waals surface area contributed by atoms with Gasteiger partial charge in [0.05, 0.1) is 12.0 Å². The number of benzene rings is 2. The van der Waals surface area contributed by atoms with Crippen molar-refractivity contribution < 1.29 is 18.8 Å². The third-order valence-electron chi connectivity index (χ3n) is 2.76. The molecule has 0 unspecified atom stereocenters. The number of nitro benzene ring substituents is 1. The van der Waals surface area contributed by atoms with E-state index in [2.05, 4.69) is 15.9 Å². The Bertz CT molecular complexity index is 678. The fraction of sp³-hybridized carbons (Fsp3) is 0.143. The van der Waals surface area contributed by atoms with Gasteiger partial charge in [-0.3, -0.25) is 10.1 Å². The zero-order valence-electron chi connectivity index (χ0n) is 11.0. The third-order valence-corrected chi connectivity index (χ3v) is 3.26. The lowest BCUT2D eigenvalue weighted by Gasteiger charge is -2.09. The maximum Gasteiger partial charge on any atom is 0.311 e. The van der Waals surface area contributed by atoms with Crippen LogP contribution < -0.4 is 9.47 Å². The largest absolute Gasteiger partial charge is 0.497 e. The van der Waals surface area contributed by atoms with Gasteiger partial charge in [0.1, 0.15) is 18.2 Å². The first-order valence-electron chi connectivity index (χ1n) is 5.90. The highest BCUT2D eigenvalue weighted by Gasteiger charge is 2.16. The monoisotopic (exact) mass is 355 g/mol. The number of methoxy groups -OCH3 is 1. The van der Waals surface area contributed by atoms with E-state index in [1.54, 1.807) is 12.1 Å². The molecular formula is C14H11BrFNO4. The summed E-state index contributed by atoms with van der Waals surface area (Å²) in [5.74, 6) is 0.00321. The van der Waals surface area contributed by atoms with Gasteiger partial charge >= 0.3 is 5.69 Å². The summed E-state index contributed by atoms with van der Waals surface area (Å²) in [6, 6.07) is 8.66. The van der Waals surface area contributed by atoms with Crippen LogP contribution in [0.2, 0.25) is 0 Å². The Kier molecular flexibility index (Phi) is 4.74. The van der Waals surface area contributed by atoms with Gasteiger partial charge in [0, 0.05) is 22.2 Å². The average molecular weight is 356 g/mol. The first kappa shape index (κ1) is 15.2. The molecule has 5 nitrogen and oxygen atoms in total. The van der Waals surface area contributed by atoms with Gasteiger partial charge < -0.3 is 9.47 Å². The summed E-state index contributed by atoms with van der Waals surface area (Å²) in [7, 11) is 1.44. The minimum absolute atomic E-state index is 0.0293. The molecule has 0 saturated carbocycles. The summed E-state index contributed by atoms with van der Waals surface area (Å²) in [5, 5.41) is 10.9. The lowest BCUT2D eigenvalue weighted by atomic mass is 10.2. The predicted molar refractivity (Wildman–Crippen MR) is 78.1 cm³/mol. The minimum Gasteiger partial charge on any atom is -0.497 e. The molecule has 110 valence electrons. The van der Waals surface area contributed by atoms with Crippen molar-refractivity contribution in [1.29, 1.82) is 0 Å². The molecule has 0 aliphatic carbocycles. The zero-order chi connectivity index (χ0) is 15.4. The van der Waals surface area contributed by atoms with Crippen molar-refractivity contribution in [2.45, 2.75) is 6.61 Å². The van der Waals surface area contributed by atoms with Gasteiger partial charge in [-0.2, -0.15) is 0 Å². The molecule has 7 heteroatoms. The number of rotatable bonds is 5. The summed E-state index contributed by atoms with van der Waals surface area (Å²) in [6.45, 7) is -0.118. The molecule has 0 atom stereocenters. The normalized spacial score (nSPS) is 10.2. The van der Waals surface area contributed by atoms with Crippen molar-refractivity contribution in [2.24, 2.45) is 0 Å². The first-order chi connectivity index (χ1) is 10.0. The van der Waals surface area contributed by atoms with Crippen LogP contribution in [-0.4, -0.2) is 12.0 Å². The molecule has 0 saturated heterocycles. The molecule has 0 fully saturated rings. The smallest absolute Gasteiger partial charge is 0.311 e. The molecular weight excluding hydrogens is 345 g/mol. The maximum absolute atomic E-state index is 13.7. The molecule has 0 radical (unpaired) electrons. The minimum atomic E-state index is -0.563. The molecule has 2 aromatic rings. The Balaban J connectivity index is 2.24. The van der Waals surface area contributed by atoms with E-state index < -0.39 is 10.7 Å². The summed E-state index contributed by atoms with van der Waals surface area (Å²) >= 11 is 3.16. The van der Waals surface area contributed by atoms with Crippen molar-refractivity contribution in [3.8, 4) is 11.5 Å². The molecule has 0 spiro atoms. The van der Waals surface area contributed by atoms with Gasteiger partial charge in [-0.05, 0) is 18.2 Å². The molecule has 0 aliphatic rings. The van der Waals surface area contributed by atoms with Gasteiger partial charge in [0.15, 0.2) is 0 Å². The summed E-state index contributed by atoms with van der Waals surface area (Å²) < 4.78 is 24.7. The van der Waals surface area contributed by atoms with Crippen molar-refractivity contribution >= 4 is 21.6 Å². The van der Waals surface area contributed by atoms with E-state index in [0.29, 0.717) is 15.8 Å². The highest BCUT2D eigenvalue weighted by molar-refractivity contribution is 9.10. The lowest BCUT2D eigenvalue weighted by molar-refractivity contribution is -0.386. The standard InChI is InChI=1S/C14H11BrFNO4/c1-20-11-4-5-13(17(18)19)14(7-11)21-8-9-2-3-10(15)6-12(9)16/h2-7H,8H2,1H3. The molecule has 0 N–H and O–H groups in total. The first-order valence-corrected chi connectivity index (χ1v) is 6.69. The van der Waals surface area contributed by atoms with E-state index in [1.165, 1.54) is 31.4 Å². The summed E-state index contributed by atoms with van der Waals surface area (Å²) in [4.78, 5) is 10.4. The Morgan fingerprint density at radius 1 is 1.29 bits per heavy atom. The highest BCUT2D eigenvalue weighted by atomic mass is 79.9. The van der Waals surface area contributed by atoms with E-state index in [1.807, 2.05) is 0 Å². The van der Waals surface area contributed by atoms with Crippen LogP contribution in [0.4, 0.5) is 10.1 Å². The molecule has 0 aliphatic heterocycles. The highest BCUT2D eigenvalue weighted by Crippen LogP contribution is 2.32. The van der Waals surface area contributed by atoms with Crippen LogP contribution in [-0.2, 0) is 6.61 Å². The molecule has 21 heavy (non-hydrogen) atoms. The summed E-state index contributed by atoms with van der Waals surface area (Å²) in [6.07, 6.45) is 0. The number of nitro groups is 1. The van der Waals surface area contributed by atoms with Crippen molar-refractivity contribution in [1.82, 2.24) is 0 Å². The lowest BCUT2D eigenvalue weighted by Crippen LogP contribution is -2.01. The van der Waals surface area contributed by atoms with Crippen molar-refractivity contribution in [2.75, 3.05) is 7.11 Å². The van der Waals surface area contributed by atoms with E-state index >= 15 is 0 Å². The van der Waals surface area contributed by atoms with Crippen LogP contribution >= 0.6 is 15.9 Å². The van der Waals surface area contributed by atoms with E-state index in [4.69, 9.17) is 9.47 Å². The second-order valence-electron chi connectivity index (χ2n) is 4.12. The third kappa shape index (κ3) is 3.69. The molecule has 0 amide bonds. The van der Waals surface area contributed by atoms with Gasteiger partial charge in [-0.1, -0.05) is 22.0 Å². The Hall–Kier alpha value is -2.15. The Labute approximate surface area is 128 Å². The Morgan fingerprint density at radius 2 is 2.05 bits per heavy atom. The number of hydrogen-bond acceptors (Lipinski definition) is 4. The Morgan fingerprint density at radius 3 is 2.67 bits per heavy atom. The van der Waals surface area contributed by atoms with Crippen LogP contribution in [0.15, 0.2) is 40.9 Å². The van der Waals surface area contributed by atoms with Crippen LogP contribution in [0.3, 0.4) is 0 Å². The topological polar surface area (TPSA) is 61.6 Å². The summed E-state index contributed by atoms with van der Waals surface area (Å²) in [5.41, 5.74) is 0.101. The van der Waals surface area contributed by atoms with Gasteiger partial charge in [0.2, 0.25) is 5.75 Å². The molecule has 0 heterocycles. The fourth-order valence-electron chi connectivity index (χ4n) is 1.68.